The summed E-state index contributed by atoms with van der Waals surface area (Å²) in [6, 6.07) is 15.3. The Morgan fingerprint density at radius 2 is 1.80 bits per heavy atom. The summed E-state index contributed by atoms with van der Waals surface area (Å²) in [5.74, 6) is -0.493. The van der Waals surface area contributed by atoms with E-state index in [0.717, 1.165) is 31.4 Å². The third-order valence-corrected chi connectivity index (χ3v) is 6.32. The Balaban J connectivity index is 1.60. The van der Waals surface area contributed by atoms with Crippen molar-refractivity contribution in [3.63, 3.8) is 0 Å². The fraction of sp³-hybridized carbons (Fsp3) is 0.333. The monoisotopic (exact) mass is 422 g/mol. The van der Waals surface area contributed by atoms with E-state index in [1.165, 1.54) is 10.5 Å². The van der Waals surface area contributed by atoms with Crippen LogP contribution in [-0.4, -0.2) is 42.5 Å². The minimum atomic E-state index is -0.254. The van der Waals surface area contributed by atoms with Crippen molar-refractivity contribution in [2.45, 2.75) is 31.8 Å². The molecule has 2 aromatic rings. The first-order valence-electron chi connectivity index (χ1n) is 10.5. The van der Waals surface area contributed by atoms with E-state index in [4.69, 9.17) is 16.3 Å². The molecule has 5 rings (SSSR count). The van der Waals surface area contributed by atoms with Gasteiger partial charge in [-0.05, 0) is 55.0 Å². The van der Waals surface area contributed by atoms with Crippen LogP contribution >= 0.6 is 11.6 Å². The van der Waals surface area contributed by atoms with Crippen molar-refractivity contribution in [1.29, 1.82) is 0 Å². The van der Waals surface area contributed by atoms with E-state index in [1.807, 2.05) is 35.2 Å². The molecule has 0 N–H and O–H groups in total. The number of aryl methyl sites for hydroxylation is 1. The lowest BCUT2D eigenvalue weighted by atomic mass is 9.98. The van der Waals surface area contributed by atoms with Crippen molar-refractivity contribution < 1.29 is 14.3 Å². The Morgan fingerprint density at radius 3 is 2.57 bits per heavy atom. The predicted octanol–water partition coefficient (Wildman–Crippen LogP) is 4.05. The number of rotatable bonds is 4. The van der Waals surface area contributed by atoms with Gasteiger partial charge in [0.25, 0.3) is 11.8 Å². The lowest BCUT2D eigenvalue weighted by Gasteiger charge is -2.32. The van der Waals surface area contributed by atoms with E-state index in [0.29, 0.717) is 41.6 Å². The number of anilines is 1. The Bertz CT molecular complexity index is 1030. The largest absolute Gasteiger partial charge is 0.376 e. The zero-order valence-electron chi connectivity index (χ0n) is 16.6. The van der Waals surface area contributed by atoms with Gasteiger partial charge < -0.3 is 9.64 Å². The van der Waals surface area contributed by atoms with E-state index < -0.39 is 0 Å². The fourth-order valence-electron chi connectivity index (χ4n) is 4.61. The van der Waals surface area contributed by atoms with Gasteiger partial charge in [0.05, 0.1) is 18.2 Å². The molecule has 1 fully saturated rings. The van der Waals surface area contributed by atoms with Gasteiger partial charge in [0.15, 0.2) is 0 Å². The number of carbonyl (C=O) groups excluding carboxylic acids is 2. The maximum Gasteiger partial charge on any atom is 0.278 e. The number of para-hydroxylation sites is 1. The summed E-state index contributed by atoms with van der Waals surface area (Å²) in [5.41, 5.74) is 3.83. The summed E-state index contributed by atoms with van der Waals surface area (Å²) < 4.78 is 5.71. The average molecular weight is 423 g/mol. The molecule has 1 unspecified atom stereocenters. The highest BCUT2D eigenvalue weighted by Gasteiger charge is 2.43. The number of carbonyl (C=O) groups is 2. The molecule has 0 radical (unpaired) electrons. The first-order valence-corrected chi connectivity index (χ1v) is 10.8. The van der Waals surface area contributed by atoms with Crippen molar-refractivity contribution in [2.24, 2.45) is 0 Å². The number of hydrogen-bond donors (Lipinski definition) is 0. The molecule has 2 aromatic carbocycles. The number of imide groups is 1. The van der Waals surface area contributed by atoms with Crippen molar-refractivity contribution in [3.05, 3.63) is 70.4 Å². The summed E-state index contributed by atoms with van der Waals surface area (Å²) >= 11 is 6.07. The third kappa shape index (κ3) is 3.32. The van der Waals surface area contributed by atoms with Crippen molar-refractivity contribution >= 4 is 34.7 Å². The molecule has 1 saturated heterocycles. The van der Waals surface area contributed by atoms with E-state index in [9.17, 15) is 9.59 Å². The summed E-state index contributed by atoms with van der Waals surface area (Å²) in [4.78, 5) is 30.5. The number of halogens is 1. The van der Waals surface area contributed by atoms with Crippen LogP contribution < -0.4 is 4.90 Å². The molecular weight excluding hydrogens is 400 g/mol. The van der Waals surface area contributed by atoms with Crippen LogP contribution in [0.3, 0.4) is 0 Å². The highest BCUT2D eigenvalue weighted by Crippen LogP contribution is 2.38. The molecule has 30 heavy (non-hydrogen) atoms. The van der Waals surface area contributed by atoms with Crippen LogP contribution in [0, 0.1) is 0 Å². The molecule has 3 aliphatic heterocycles. The molecule has 0 bridgehead atoms. The van der Waals surface area contributed by atoms with Crippen LogP contribution in [0.4, 0.5) is 5.69 Å². The topological polar surface area (TPSA) is 49.9 Å². The zero-order valence-corrected chi connectivity index (χ0v) is 17.4. The Labute approximate surface area is 180 Å². The molecule has 2 amide bonds. The molecule has 3 heterocycles. The van der Waals surface area contributed by atoms with Crippen LogP contribution in [0.15, 0.2) is 54.2 Å². The molecular formula is C24H23ClN2O3. The summed E-state index contributed by atoms with van der Waals surface area (Å²) in [7, 11) is 0. The Kier molecular flexibility index (Phi) is 5.09. The fourth-order valence-corrected chi connectivity index (χ4v) is 4.74. The SMILES string of the molecule is O=C1C(c2ccc(Cl)cc2)=C(N2CCCc3ccccc32)C(=O)N1CC1CCCO1. The molecule has 6 heteroatoms. The number of hydrogen-bond acceptors (Lipinski definition) is 4. The minimum absolute atomic E-state index is 0.0858. The van der Waals surface area contributed by atoms with E-state index in [-0.39, 0.29) is 17.9 Å². The Hall–Kier alpha value is -2.63. The number of fused-ring (bicyclic) bond motifs is 1. The summed E-state index contributed by atoms with van der Waals surface area (Å²) in [6.45, 7) is 1.69. The van der Waals surface area contributed by atoms with Crippen LogP contribution in [0.5, 0.6) is 0 Å². The lowest BCUT2D eigenvalue weighted by molar-refractivity contribution is -0.138. The Morgan fingerprint density at radius 1 is 1.00 bits per heavy atom. The molecule has 3 aliphatic rings. The van der Waals surface area contributed by atoms with Gasteiger partial charge in [-0.1, -0.05) is 41.9 Å². The van der Waals surface area contributed by atoms with Gasteiger partial charge in [-0.25, -0.2) is 0 Å². The van der Waals surface area contributed by atoms with E-state index in [2.05, 4.69) is 6.07 Å². The normalized spacial score (nSPS) is 21.6. The zero-order chi connectivity index (χ0) is 20.7. The number of ether oxygens (including phenoxy) is 1. The van der Waals surface area contributed by atoms with Gasteiger partial charge in [-0.3, -0.25) is 14.5 Å². The van der Waals surface area contributed by atoms with Crippen molar-refractivity contribution in [3.8, 4) is 0 Å². The average Bonchev–Trinajstić information content (AvgIpc) is 3.36. The molecule has 0 saturated carbocycles. The smallest absolute Gasteiger partial charge is 0.278 e. The predicted molar refractivity (Wildman–Crippen MR) is 116 cm³/mol. The third-order valence-electron chi connectivity index (χ3n) is 6.07. The second kappa shape index (κ2) is 7.89. The summed E-state index contributed by atoms with van der Waals surface area (Å²) in [6.07, 6.45) is 3.65. The molecule has 154 valence electrons. The molecule has 0 aliphatic carbocycles. The highest BCUT2D eigenvalue weighted by molar-refractivity contribution is 6.37. The van der Waals surface area contributed by atoms with Crippen molar-refractivity contribution in [1.82, 2.24) is 4.90 Å². The number of amides is 2. The van der Waals surface area contributed by atoms with Crippen LogP contribution in [0.1, 0.15) is 30.4 Å². The lowest BCUT2D eigenvalue weighted by Crippen LogP contribution is -2.40. The van der Waals surface area contributed by atoms with Crippen LogP contribution in [-0.2, 0) is 20.7 Å². The number of nitrogens with zero attached hydrogens (tertiary/aromatic N) is 2. The second-order valence-corrected chi connectivity index (χ2v) is 8.41. The highest BCUT2D eigenvalue weighted by atomic mass is 35.5. The van der Waals surface area contributed by atoms with Gasteiger partial charge in [-0.2, -0.15) is 0 Å². The van der Waals surface area contributed by atoms with Gasteiger partial charge in [-0.15, -0.1) is 0 Å². The van der Waals surface area contributed by atoms with Gasteiger partial charge >= 0.3 is 0 Å². The molecule has 1 atom stereocenters. The maximum atomic E-state index is 13.6. The standard InChI is InChI=1S/C24H23ClN2O3/c25-18-11-9-17(10-12-18)21-22(26-13-3-6-16-5-1-2-8-20(16)26)24(29)27(23(21)28)15-19-7-4-14-30-19/h1-2,5,8-12,19H,3-4,6-7,13-15H2. The van der Waals surface area contributed by atoms with Gasteiger partial charge in [0, 0.05) is 23.9 Å². The molecule has 5 nitrogen and oxygen atoms in total. The minimum Gasteiger partial charge on any atom is -0.376 e. The maximum absolute atomic E-state index is 13.6. The van der Waals surface area contributed by atoms with E-state index in [1.54, 1.807) is 12.1 Å². The van der Waals surface area contributed by atoms with Gasteiger partial charge in [0.1, 0.15) is 5.70 Å². The van der Waals surface area contributed by atoms with E-state index >= 15 is 0 Å². The molecule has 0 aromatic heterocycles. The second-order valence-electron chi connectivity index (χ2n) is 7.97. The summed E-state index contributed by atoms with van der Waals surface area (Å²) in [5, 5.41) is 0.595. The number of benzene rings is 2. The van der Waals surface area contributed by atoms with Crippen LogP contribution in [0.2, 0.25) is 5.02 Å². The molecule has 0 spiro atoms. The van der Waals surface area contributed by atoms with Crippen LogP contribution in [0.25, 0.3) is 5.57 Å². The van der Waals surface area contributed by atoms with Crippen molar-refractivity contribution in [2.75, 3.05) is 24.6 Å². The van der Waals surface area contributed by atoms with Gasteiger partial charge in [0.2, 0.25) is 0 Å². The first-order chi connectivity index (χ1) is 14.6. The first kappa shape index (κ1) is 19.3. The quantitative estimate of drug-likeness (QED) is 0.697.